The molecule has 1 unspecified atom stereocenters. The zero-order valence-electron chi connectivity index (χ0n) is 16.4. The molecule has 0 aliphatic carbocycles. The second-order valence-corrected chi connectivity index (χ2v) is 6.93. The third kappa shape index (κ3) is 3.55. The number of aliphatic hydroxyl groups is 1. The van der Waals surface area contributed by atoms with Gasteiger partial charge in [0.05, 0.1) is 18.7 Å². The molecular weight excluding hydrogens is 380 g/mol. The Bertz CT molecular complexity index is 1090. The first kappa shape index (κ1) is 19.4. The summed E-state index contributed by atoms with van der Waals surface area (Å²) in [5.41, 5.74) is 2.05. The van der Waals surface area contributed by atoms with Crippen LogP contribution >= 0.6 is 0 Å². The van der Waals surface area contributed by atoms with Crippen molar-refractivity contribution in [2.45, 2.75) is 12.6 Å². The van der Waals surface area contributed by atoms with E-state index in [4.69, 9.17) is 4.74 Å². The molecule has 6 nitrogen and oxygen atoms in total. The van der Waals surface area contributed by atoms with Crippen LogP contribution in [0, 0.1) is 0 Å². The summed E-state index contributed by atoms with van der Waals surface area (Å²) in [6.07, 6.45) is 3.31. The zero-order valence-corrected chi connectivity index (χ0v) is 16.4. The number of aromatic nitrogens is 1. The number of hydrogen-bond acceptors (Lipinski definition) is 5. The summed E-state index contributed by atoms with van der Waals surface area (Å²) in [4.78, 5) is 31.5. The molecule has 1 fully saturated rings. The van der Waals surface area contributed by atoms with Gasteiger partial charge in [-0.25, -0.2) is 0 Å². The molecule has 6 heteroatoms. The highest BCUT2D eigenvalue weighted by Crippen LogP contribution is 2.40. The van der Waals surface area contributed by atoms with E-state index in [1.54, 1.807) is 49.8 Å². The van der Waals surface area contributed by atoms with Gasteiger partial charge in [-0.1, -0.05) is 36.4 Å². The Morgan fingerprint density at radius 3 is 2.40 bits per heavy atom. The Labute approximate surface area is 174 Å². The van der Waals surface area contributed by atoms with E-state index in [1.165, 1.54) is 4.90 Å². The van der Waals surface area contributed by atoms with Crippen molar-refractivity contribution in [2.24, 2.45) is 0 Å². The summed E-state index contributed by atoms with van der Waals surface area (Å²) < 4.78 is 5.15. The van der Waals surface area contributed by atoms with Crippen molar-refractivity contribution in [1.82, 2.24) is 9.88 Å². The Balaban J connectivity index is 1.83. The lowest BCUT2D eigenvalue weighted by molar-refractivity contribution is -0.140. The summed E-state index contributed by atoms with van der Waals surface area (Å²) in [5, 5.41) is 11.0. The molecule has 150 valence electrons. The average Bonchev–Trinajstić information content (AvgIpc) is 3.05. The van der Waals surface area contributed by atoms with Gasteiger partial charge in [0.1, 0.15) is 11.5 Å². The lowest BCUT2D eigenvalue weighted by atomic mass is 9.95. The molecule has 0 radical (unpaired) electrons. The quantitative estimate of drug-likeness (QED) is 0.401. The van der Waals surface area contributed by atoms with Gasteiger partial charge in [-0.05, 0) is 41.5 Å². The molecule has 1 atom stereocenters. The lowest BCUT2D eigenvalue weighted by Gasteiger charge is -2.25. The van der Waals surface area contributed by atoms with Crippen LogP contribution in [-0.2, 0) is 16.1 Å². The van der Waals surface area contributed by atoms with E-state index in [9.17, 15) is 14.7 Å². The average molecular weight is 400 g/mol. The Kier molecular flexibility index (Phi) is 5.30. The first-order valence-electron chi connectivity index (χ1n) is 9.47. The monoisotopic (exact) mass is 400 g/mol. The zero-order chi connectivity index (χ0) is 21.1. The normalized spacial score (nSPS) is 17.9. The van der Waals surface area contributed by atoms with Gasteiger partial charge in [-0.3, -0.25) is 14.6 Å². The van der Waals surface area contributed by atoms with Crippen molar-refractivity contribution in [3.05, 3.63) is 101 Å². The fraction of sp³-hybridized carbons (Fsp3) is 0.125. The van der Waals surface area contributed by atoms with Crippen molar-refractivity contribution in [1.29, 1.82) is 0 Å². The van der Waals surface area contributed by atoms with Gasteiger partial charge < -0.3 is 14.7 Å². The van der Waals surface area contributed by atoms with Crippen LogP contribution in [0.1, 0.15) is 22.7 Å². The minimum Gasteiger partial charge on any atom is -0.507 e. The maximum absolute atomic E-state index is 13.0. The fourth-order valence-electron chi connectivity index (χ4n) is 3.62. The van der Waals surface area contributed by atoms with E-state index in [-0.39, 0.29) is 17.9 Å². The van der Waals surface area contributed by atoms with Gasteiger partial charge in [0.2, 0.25) is 0 Å². The number of carbonyl (C=O) groups is 2. The topological polar surface area (TPSA) is 79.7 Å². The van der Waals surface area contributed by atoms with Crippen molar-refractivity contribution in [3.8, 4) is 5.75 Å². The maximum atomic E-state index is 13.0. The minimum absolute atomic E-state index is 0.0697. The maximum Gasteiger partial charge on any atom is 0.295 e. The van der Waals surface area contributed by atoms with Crippen molar-refractivity contribution >= 4 is 17.4 Å². The van der Waals surface area contributed by atoms with Gasteiger partial charge >= 0.3 is 0 Å². The van der Waals surface area contributed by atoms with Crippen LogP contribution in [0.5, 0.6) is 5.75 Å². The number of aliphatic hydroxyl groups excluding tert-OH is 1. The molecule has 0 bridgehead atoms. The third-order valence-electron chi connectivity index (χ3n) is 5.09. The van der Waals surface area contributed by atoms with E-state index in [0.29, 0.717) is 11.3 Å². The SMILES string of the molecule is COc1ccc(/C(O)=C2/C(=O)C(=O)N(Cc3cccnc3)C2c2ccccc2)cc1. The fourth-order valence-corrected chi connectivity index (χ4v) is 3.62. The number of amides is 1. The summed E-state index contributed by atoms with van der Waals surface area (Å²) in [6.45, 7) is 0.206. The molecular formula is C24H20N2O4. The Morgan fingerprint density at radius 1 is 1.03 bits per heavy atom. The molecule has 0 spiro atoms. The van der Waals surface area contributed by atoms with Crippen molar-refractivity contribution in [3.63, 3.8) is 0 Å². The standard InChI is InChI=1S/C24H20N2O4/c1-30-19-11-9-18(10-12-19)22(27)20-21(17-7-3-2-4-8-17)26(24(29)23(20)28)15-16-6-5-13-25-14-16/h2-14,21,27H,15H2,1H3/b22-20-. The van der Waals surface area contributed by atoms with Crippen LogP contribution < -0.4 is 4.74 Å². The van der Waals surface area contributed by atoms with E-state index in [0.717, 1.165) is 11.1 Å². The van der Waals surface area contributed by atoms with Crippen molar-refractivity contribution < 1.29 is 19.4 Å². The van der Waals surface area contributed by atoms with Gasteiger partial charge in [0.15, 0.2) is 0 Å². The highest BCUT2D eigenvalue weighted by atomic mass is 16.5. The van der Waals surface area contributed by atoms with E-state index in [1.807, 2.05) is 36.4 Å². The molecule has 0 saturated carbocycles. The number of nitrogens with zero attached hydrogens (tertiary/aromatic N) is 2. The molecule has 1 N–H and O–H groups in total. The van der Waals surface area contributed by atoms with Gasteiger partial charge in [0.25, 0.3) is 11.7 Å². The number of benzene rings is 2. The van der Waals surface area contributed by atoms with Crippen LogP contribution in [0.4, 0.5) is 0 Å². The Hall–Kier alpha value is -3.93. The molecule has 3 aromatic rings. The summed E-state index contributed by atoms with van der Waals surface area (Å²) in [6, 6.07) is 18.8. The largest absolute Gasteiger partial charge is 0.507 e. The predicted molar refractivity (Wildman–Crippen MR) is 112 cm³/mol. The first-order valence-corrected chi connectivity index (χ1v) is 9.47. The second kappa shape index (κ2) is 8.21. The third-order valence-corrected chi connectivity index (χ3v) is 5.09. The lowest BCUT2D eigenvalue weighted by Crippen LogP contribution is -2.29. The second-order valence-electron chi connectivity index (χ2n) is 6.93. The highest BCUT2D eigenvalue weighted by molar-refractivity contribution is 6.46. The van der Waals surface area contributed by atoms with Crippen LogP contribution in [0.25, 0.3) is 5.76 Å². The molecule has 1 aliphatic rings. The van der Waals surface area contributed by atoms with Gasteiger partial charge in [-0.2, -0.15) is 0 Å². The van der Waals surface area contributed by atoms with Crippen LogP contribution in [-0.4, -0.2) is 33.8 Å². The summed E-state index contributed by atoms with van der Waals surface area (Å²) in [5.74, 6) is -0.939. The summed E-state index contributed by atoms with van der Waals surface area (Å²) in [7, 11) is 1.55. The number of Topliss-reactive ketones (excluding diaryl/α,β-unsaturated/α-hetero) is 1. The number of rotatable bonds is 5. The number of carbonyl (C=O) groups excluding carboxylic acids is 2. The molecule has 2 heterocycles. The smallest absolute Gasteiger partial charge is 0.295 e. The van der Waals surface area contributed by atoms with Gasteiger partial charge in [-0.15, -0.1) is 0 Å². The Morgan fingerprint density at radius 2 is 1.77 bits per heavy atom. The van der Waals surface area contributed by atoms with Gasteiger partial charge in [0, 0.05) is 24.5 Å². The molecule has 1 aliphatic heterocycles. The molecule has 2 aromatic carbocycles. The predicted octanol–water partition coefficient (Wildman–Crippen LogP) is 3.71. The molecule has 1 saturated heterocycles. The van der Waals surface area contributed by atoms with Crippen molar-refractivity contribution in [2.75, 3.05) is 7.11 Å². The number of likely N-dealkylation sites (tertiary alicyclic amines) is 1. The first-order chi connectivity index (χ1) is 14.6. The highest BCUT2D eigenvalue weighted by Gasteiger charge is 2.46. The van der Waals surface area contributed by atoms with E-state index >= 15 is 0 Å². The van der Waals surface area contributed by atoms with E-state index < -0.39 is 17.7 Å². The van der Waals surface area contributed by atoms with Crippen LogP contribution in [0.3, 0.4) is 0 Å². The number of hydrogen-bond donors (Lipinski definition) is 1. The van der Waals surface area contributed by atoms with Crippen LogP contribution in [0.2, 0.25) is 0 Å². The number of pyridine rings is 1. The molecule has 1 aromatic heterocycles. The molecule has 4 rings (SSSR count). The number of ketones is 1. The molecule has 1 amide bonds. The number of methoxy groups -OCH3 is 1. The van der Waals surface area contributed by atoms with Crippen LogP contribution in [0.15, 0.2) is 84.7 Å². The minimum atomic E-state index is -0.707. The summed E-state index contributed by atoms with van der Waals surface area (Å²) >= 11 is 0. The molecule has 30 heavy (non-hydrogen) atoms. The van der Waals surface area contributed by atoms with E-state index in [2.05, 4.69) is 4.98 Å². The number of ether oxygens (including phenoxy) is 1.